The Hall–Kier alpha value is -2.75. The van der Waals surface area contributed by atoms with E-state index in [9.17, 15) is 5.11 Å². The topological polar surface area (TPSA) is 57.6 Å². The van der Waals surface area contributed by atoms with E-state index in [0.29, 0.717) is 5.56 Å². The zero-order chi connectivity index (χ0) is 17.1. The molecule has 1 heterocycles. The molecule has 0 bridgehead atoms. The number of H-pyrrole nitrogens is 1. The fourth-order valence-corrected chi connectivity index (χ4v) is 2.95. The SMILES string of the molecule is CCc1cccc(CC)c1N=Cc1c(O)[nH]c2ccc(OC)cc12. The molecule has 3 aromatic rings. The number of nitrogens with zero attached hydrogens (tertiary/aromatic N) is 1. The van der Waals surface area contributed by atoms with Gasteiger partial charge in [0.1, 0.15) is 5.75 Å². The maximum absolute atomic E-state index is 10.2. The van der Waals surface area contributed by atoms with Crippen LogP contribution in [0.2, 0.25) is 0 Å². The van der Waals surface area contributed by atoms with E-state index in [-0.39, 0.29) is 5.88 Å². The highest BCUT2D eigenvalue weighted by Gasteiger charge is 2.11. The number of hydrogen-bond acceptors (Lipinski definition) is 3. The van der Waals surface area contributed by atoms with Crippen LogP contribution in [0.1, 0.15) is 30.5 Å². The third-order valence-corrected chi connectivity index (χ3v) is 4.31. The predicted molar refractivity (Wildman–Crippen MR) is 99.0 cm³/mol. The molecule has 1 aromatic heterocycles. The molecule has 0 atom stereocenters. The predicted octanol–water partition coefficient (Wildman–Crippen LogP) is 4.76. The molecule has 4 nitrogen and oxygen atoms in total. The van der Waals surface area contributed by atoms with Crippen LogP contribution in [0, 0.1) is 0 Å². The second kappa shape index (κ2) is 6.79. The number of nitrogens with one attached hydrogen (secondary N) is 1. The molecule has 0 aliphatic rings. The van der Waals surface area contributed by atoms with Crippen molar-refractivity contribution in [2.24, 2.45) is 4.99 Å². The molecule has 24 heavy (non-hydrogen) atoms. The second-order valence-corrected chi connectivity index (χ2v) is 5.69. The molecule has 2 N–H and O–H groups in total. The number of benzene rings is 2. The number of aromatic nitrogens is 1. The molecule has 0 unspecified atom stereocenters. The third-order valence-electron chi connectivity index (χ3n) is 4.31. The number of aryl methyl sites for hydroxylation is 2. The van der Waals surface area contributed by atoms with Crippen LogP contribution in [0.5, 0.6) is 11.6 Å². The van der Waals surface area contributed by atoms with Crippen molar-refractivity contribution < 1.29 is 9.84 Å². The summed E-state index contributed by atoms with van der Waals surface area (Å²) in [6.07, 6.45) is 3.59. The van der Waals surface area contributed by atoms with E-state index < -0.39 is 0 Å². The largest absolute Gasteiger partial charge is 0.497 e. The fourth-order valence-electron chi connectivity index (χ4n) is 2.95. The van der Waals surface area contributed by atoms with E-state index in [4.69, 9.17) is 9.73 Å². The molecule has 0 fully saturated rings. The molecular formula is C20H22N2O2. The fraction of sp³-hybridized carbons (Fsp3) is 0.250. The lowest BCUT2D eigenvalue weighted by molar-refractivity contribution is 0.415. The Morgan fingerprint density at radius 2 is 1.83 bits per heavy atom. The van der Waals surface area contributed by atoms with Crippen LogP contribution >= 0.6 is 0 Å². The number of para-hydroxylation sites is 1. The average Bonchev–Trinajstić information content (AvgIpc) is 2.93. The minimum Gasteiger partial charge on any atom is -0.497 e. The highest BCUT2D eigenvalue weighted by atomic mass is 16.5. The monoisotopic (exact) mass is 322 g/mol. The van der Waals surface area contributed by atoms with Gasteiger partial charge in [-0.05, 0) is 42.2 Å². The molecule has 4 heteroatoms. The summed E-state index contributed by atoms with van der Waals surface area (Å²) in [4.78, 5) is 7.69. The normalized spacial score (nSPS) is 11.5. The summed E-state index contributed by atoms with van der Waals surface area (Å²) in [5.74, 6) is 0.869. The lowest BCUT2D eigenvalue weighted by Gasteiger charge is -2.08. The second-order valence-electron chi connectivity index (χ2n) is 5.69. The number of methoxy groups -OCH3 is 1. The highest BCUT2D eigenvalue weighted by Crippen LogP contribution is 2.31. The van der Waals surface area contributed by atoms with Crippen LogP contribution in [0.3, 0.4) is 0 Å². The first-order valence-electron chi connectivity index (χ1n) is 8.21. The molecule has 0 saturated carbocycles. The molecule has 2 aromatic carbocycles. The Morgan fingerprint density at radius 3 is 2.46 bits per heavy atom. The van der Waals surface area contributed by atoms with E-state index in [1.165, 1.54) is 11.1 Å². The Kier molecular flexibility index (Phi) is 4.56. The maximum atomic E-state index is 10.2. The number of aromatic hydroxyl groups is 1. The summed E-state index contributed by atoms with van der Waals surface area (Å²) in [6, 6.07) is 11.9. The van der Waals surface area contributed by atoms with Gasteiger partial charge in [-0.2, -0.15) is 0 Å². The summed E-state index contributed by atoms with van der Waals surface area (Å²) >= 11 is 0. The van der Waals surface area contributed by atoms with Gasteiger partial charge in [-0.15, -0.1) is 0 Å². The van der Waals surface area contributed by atoms with Crippen molar-refractivity contribution in [2.45, 2.75) is 26.7 Å². The Balaban J connectivity index is 2.10. The van der Waals surface area contributed by atoms with E-state index in [1.54, 1.807) is 13.3 Å². The van der Waals surface area contributed by atoms with Crippen molar-refractivity contribution in [1.29, 1.82) is 0 Å². The smallest absolute Gasteiger partial charge is 0.198 e. The van der Waals surface area contributed by atoms with Gasteiger partial charge in [-0.1, -0.05) is 32.0 Å². The van der Waals surface area contributed by atoms with Gasteiger partial charge >= 0.3 is 0 Å². The summed E-state index contributed by atoms with van der Waals surface area (Å²) in [5, 5.41) is 11.1. The summed E-state index contributed by atoms with van der Waals surface area (Å²) in [5.41, 5.74) is 4.95. The minimum atomic E-state index is 0.119. The van der Waals surface area contributed by atoms with Crippen molar-refractivity contribution in [3.63, 3.8) is 0 Å². The van der Waals surface area contributed by atoms with Crippen molar-refractivity contribution in [3.8, 4) is 11.6 Å². The van der Waals surface area contributed by atoms with Gasteiger partial charge in [0.05, 0.1) is 18.4 Å². The van der Waals surface area contributed by atoms with Crippen LogP contribution in [0.15, 0.2) is 41.4 Å². The molecule has 0 spiro atoms. The Morgan fingerprint density at radius 1 is 1.12 bits per heavy atom. The quantitative estimate of drug-likeness (QED) is 0.666. The van der Waals surface area contributed by atoms with Gasteiger partial charge in [-0.25, -0.2) is 0 Å². The van der Waals surface area contributed by atoms with Crippen molar-refractivity contribution in [3.05, 3.63) is 53.1 Å². The number of rotatable bonds is 5. The first-order chi connectivity index (χ1) is 11.7. The zero-order valence-corrected chi connectivity index (χ0v) is 14.3. The molecule has 0 aliphatic carbocycles. The van der Waals surface area contributed by atoms with E-state index >= 15 is 0 Å². The molecule has 0 amide bonds. The number of ether oxygens (including phenoxy) is 1. The summed E-state index contributed by atoms with van der Waals surface area (Å²) in [7, 11) is 1.63. The van der Waals surface area contributed by atoms with Gasteiger partial charge in [0.25, 0.3) is 0 Å². The molecule has 3 rings (SSSR count). The summed E-state index contributed by atoms with van der Waals surface area (Å²) in [6.45, 7) is 4.25. The van der Waals surface area contributed by atoms with Gasteiger partial charge in [-0.3, -0.25) is 4.99 Å². The van der Waals surface area contributed by atoms with Crippen molar-refractivity contribution >= 4 is 22.8 Å². The van der Waals surface area contributed by atoms with Crippen LogP contribution in [0.25, 0.3) is 10.9 Å². The number of fused-ring (bicyclic) bond motifs is 1. The van der Waals surface area contributed by atoms with Gasteiger partial charge in [0, 0.05) is 17.1 Å². The highest BCUT2D eigenvalue weighted by molar-refractivity contribution is 6.03. The average molecular weight is 322 g/mol. The van der Waals surface area contributed by atoms with Crippen LogP contribution in [0.4, 0.5) is 5.69 Å². The molecule has 124 valence electrons. The number of hydrogen-bond donors (Lipinski definition) is 2. The lowest BCUT2D eigenvalue weighted by Crippen LogP contribution is -1.89. The molecule has 0 radical (unpaired) electrons. The first-order valence-corrected chi connectivity index (χ1v) is 8.21. The van der Waals surface area contributed by atoms with Crippen molar-refractivity contribution in [2.75, 3.05) is 7.11 Å². The van der Waals surface area contributed by atoms with Gasteiger partial charge in [0.15, 0.2) is 5.88 Å². The Bertz CT molecular complexity index is 872. The standard InChI is InChI=1S/C20H22N2O2/c1-4-13-7-6-8-14(5-2)19(13)21-12-17-16-11-15(24-3)9-10-18(16)22-20(17)23/h6-12,22-23H,4-5H2,1-3H3. The molecular weight excluding hydrogens is 300 g/mol. The minimum absolute atomic E-state index is 0.119. The van der Waals surface area contributed by atoms with Crippen molar-refractivity contribution in [1.82, 2.24) is 4.98 Å². The molecule has 0 saturated heterocycles. The van der Waals surface area contributed by atoms with E-state index in [0.717, 1.165) is 35.2 Å². The lowest BCUT2D eigenvalue weighted by atomic mass is 10.0. The first kappa shape index (κ1) is 16.1. The number of aromatic amines is 1. The summed E-state index contributed by atoms with van der Waals surface area (Å²) < 4.78 is 5.28. The van der Waals surface area contributed by atoms with Gasteiger partial charge < -0.3 is 14.8 Å². The zero-order valence-electron chi connectivity index (χ0n) is 14.3. The van der Waals surface area contributed by atoms with Crippen LogP contribution in [-0.2, 0) is 12.8 Å². The van der Waals surface area contributed by atoms with Gasteiger partial charge in [0.2, 0.25) is 0 Å². The third kappa shape index (κ3) is 2.87. The van der Waals surface area contributed by atoms with E-state index in [2.05, 4.69) is 37.0 Å². The number of aliphatic imine (C=N–C) groups is 1. The van der Waals surface area contributed by atoms with Crippen LogP contribution < -0.4 is 4.74 Å². The Labute approximate surface area is 141 Å². The van der Waals surface area contributed by atoms with E-state index in [1.807, 2.05) is 18.2 Å². The maximum Gasteiger partial charge on any atom is 0.198 e. The van der Waals surface area contributed by atoms with Crippen LogP contribution in [-0.4, -0.2) is 23.4 Å². The molecule has 0 aliphatic heterocycles.